The third kappa shape index (κ3) is 3.98. The van der Waals surface area contributed by atoms with Crippen LogP contribution in [0.15, 0.2) is 24.3 Å². The minimum absolute atomic E-state index is 0.155. The van der Waals surface area contributed by atoms with Gasteiger partial charge in [0.1, 0.15) is 5.75 Å². The summed E-state index contributed by atoms with van der Waals surface area (Å²) in [6.45, 7) is 4.14. The van der Waals surface area contributed by atoms with Crippen LogP contribution in [0.3, 0.4) is 0 Å². The fraction of sp³-hybridized carbons (Fsp3) is 0.562. The van der Waals surface area contributed by atoms with E-state index < -0.39 is 0 Å². The lowest BCUT2D eigenvalue weighted by molar-refractivity contribution is -0.122. The fourth-order valence-electron chi connectivity index (χ4n) is 2.32. The van der Waals surface area contributed by atoms with Crippen LogP contribution in [0, 0.1) is 11.8 Å². The van der Waals surface area contributed by atoms with Gasteiger partial charge in [0, 0.05) is 6.42 Å². The van der Waals surface area contributed by atoms with Crippen molar-refractivity contribution in [3.05, 3.63) is 29.8 Å². The fourth-order valence-corrected chi connectivity index (χ4v) is 2.32. The lowest BCUT2D eigenvalue weighted by atomic mass is 10.0. The van der Waals surface area contributed by atoms with Gasteiger partial charge in [0.15, 0.2) is 0 Å². The molecule has 104 valence electrons. The SMILES string of the molecule is COc1ccc(C(NC(=O)CC(C)C)C2CC2)cc1. The summed E-state index contributed by atoms with van der Waals surface area (Å²) >= 11 is 0. The molecule has 3 heteroatoms. The third-order valence-electron chi connectivity index (χ3n) is 3.48. The molecule has 0 radical (unpaired) electrons. The largest absolute Gasteiger partial charge is 0.497 e. The number of rotatable bonds is 6. The van der Waals surface area contributed by atoms with Gasteiger partial charge >= 0.3 is 0 Å². The van der Waals surface area contributed by atoms with Crippen molar-refractivity contribution < 1.29 is 9.53 Å². The Morgan fingerprint density at radius 1 is 1.32 bits per heavy atom. The van der Waals surface area contributed by atoms with E-state index in [-0.39, 0.29) is 11.9 Å². The van der Waals surface area contributed by atoms with Crippen LogP contribution in [0.1, 0.15) is 44.7 Å². The van der Waals surface area contributed by atoms with Crippen molar-refractivity contribution in [3.8, 4) is 5.75 Å². The van der Waals surface area contributed by atoms with Gasteiger partial charge in [0.05, 0.1) is 13.2 Å². The number of amides is 1. The van der Waals surface area contributed by atoms with Crippen LogP contribution < -0.4 is 10.1 Å². The number of hydrogen-bond acceptors (Lipinski definition) is 2. The van der Waals surface area contributed by atoms with E-state index in [0.29, 0.717) is 18.3 Å². The van der Waals surface area contributed by atoms with Crippen LogP contribution in [0.5, 0.6) is 5.75 Å². The van der Waals surface area contributed by atoms with Crippen molar-refractivity contribution in [2.45, 2.75) is 39.2 Å². The highest BCUT2D eigenvalue weighted by Crippen LogP contribution is 2.41. The Morgan fingerprint density at radius 3 is 2.42 bits per heavy atom. The number of nitrogens with one attached hydrogen (secondary N) is 1. The van der Waals surface area contributed by atoms with E-state index in [9.17, 15) is 4.79 Å². The molecular weight excluding hydrogens is 238 g/mol. The Morgan fingerprint density at radius 2 is 1.95 bits per heavy atom. The van der Waals surface area contributed by atoms with Gasteiger partial charge in [-0.25, -0.2) is 0 Å². The molecule has 0 bridgehead atoms. The molecule has 1 aromatic carbocycles. The van der Waals surface area contributed by atoms with Crippen LogP contribution in [0.4, 0.5) is 0 Å². The molecule has 0 aromatic heterocycles. The number of methoxy groups -OCH3 is 1. The van der Waals surface area contributed by atoms with Gasteiger partial charge < -0.3 is 10.1 Å². The average molecular weight is 261 g/mol. The summed E-state index contributed by atoms with van der Waals surface area (Å²) in [4.78, 5) is 12.0. The Bertz CT molecular complexity index is 421. The number of benzene rings is 1. The molecule has 1 unspecified atom stereocenters. The molecule has 19 heavy (non-hydrogen) atoms. The highest BCUT2D eigenvalue weighted by atomic mass is 16.5. The van der Waals surface area contributed by atoms with Crippen molar-refractivity contribution in [3.63, 3.8) is 0 Å². The predicted molar refractivity (Wildman–Crippen MR) is 76.1 cm³/mol. The summed E-state index contributed by atoms with van der Waals surface area (Å²) in [5, 5.41) is 3.18. The second-order valence-electron chi connectivity index (χ2n) is 5.75. The van der Waals surface area contributed by atoms with Crippen molar-refractivity contribution in [2.24, 2.45) is 11.8 Å². The first-order chi connectivity index (χ1) is 9.10. The first-order valence-corrected chi connectivity index (χ1v) is 7.03. The van der Waals surface area contributed by atoms with Gasteiger partial charge in [-0.15, -0.1) is 0 Å². The molecule has 0 aliphatic heterocycles. The zero-order valence-corrected chi connectivity index (χ0v) is 12.0. The van der Waals surface area contributed by atoms with E-state index in [1.165, 1.54) is 18.4 Å². The normalized spacial score (nSPS) is 16.2. The van der Waals surface area contributed by atoms with Gasteiger partial charge in [-0.05, 0) is 42.4 Å². The summed E-state index contributed by atoms with van der Waals surface area (Å²) in [6, 6.07) is 8.19. The molecule has 1 fully saturated rings. The molecule has 3 nitrogen and oxygen atoms in total. The molecule has 1 atom stereocenters. The molecule has 0 saturated heterocycles. The first-order valence-electron chi connectivity index (χ1n) is 7.03. The molecule has 1 aliphatic carbocycles. The predicted octanol–water partition coefficient (Wildman–Crippen LogP) is 3.31. The quantitative estimate of drug-likeness (QED) is 0.853. The van der Waals surface area contributed by atoms with Gasteiger partial charge in [-0.3, -0.25) is 4.79 Å². The van der Waals surface area contributed by atoms with E-state index in [4.69, 9.17) is 4.74 Å². The van der Waals surface area contributed by atoms with Crippen LogP contribution in [0.2, 0.25) is 0 Å². The van der Waals surface area contributed by atoms with E-state index >= 15 is 0 Å². The minimum atomic E-state index is 0.155. The Labute approximate surface area is 115 Å². The van der Waals surface area contributed by atoms with Crippen molar-refractivity contribution in [1.29, 1.82) is 0 Å². The van der Waals surface area contributed by atoms with Crippen molar-refractivity contribution in [1.82, 2.24) is 5.32 Å². The Balaban J connectivity index is 2.04. The molecule has 1 N–H and O–H groups in total. The smallest absolute Gasteiger partial charge is 0.220 e. The second kappa shape index (κ2) is 6.09. The van der Waals surface area contributed by atoms with Gasteiger partial charge in [-0.2, -0.15) is 0 Å². The maximum absolute atomic E-state index is 12.0. The van der Waals surface area contributed by atoms with Crippen LogP contribution in [-0.4, -0.2) is 13.0 Å². The Hall–Kier alpha value is -1.51. The first kappa shape index (κ1) is 13.9. The van der Waals surface area contributed by atoms with Crippen molar-refractivity contribution >= 4 is 5.91 Å². The highest BCUT2D eigenvalue weighted by Gasteiger charge is 2.33. The van der Waals surface area contributed by atoms with E-state index in [2.05, 4.69) is 31.3 Å². The van der Waals surface area contributed by atoms with Gasteiger partial charge in [0.25, 0.3) is 0 Å². The zero-order valence-electron chi connectivity index (χ0n) is 12.0. The molecular formula is C16H23NO2. The Kier molecular flexibility index (Phi) is 4.46. The van der Waals surface area contributed by atoms with Crippen molar-refractivity contribution in [2.75, 3.05) is 7.11 Å². The molecule has 0 spiro atoms. The van der Waals surface area contributed by atoms with Gasteiger partial charge in [0.2, 0.25) is 5.91 Å². The lowest BCUT2D eigenvalue weighted by Gasteiger charge is -2.19. The number of carbonyl (C=O) groups excluding carboxylic acids is 1. The topological polar surface area (TPSA) is 38.3 Å². The van der Waals surface area contributed by atoms with Crippen LogP contribution in [-0.2, 0) is 4.79 Å². The number of ether oxygens (including phenoxy) is 1. The van der Waals surface area contributed by atoms with Gasteiger partial charge in [-0.1, -0.05) is 26.0 Å². The minimum Gasteiger partial charge on any atom is -0.497 e. The maximum atomic E-state index is 12.0. The molecule has 0 heterocycles. The average Bonchev–Trinajstić information content (AvgIpc) is 3.19. The molecule has 1 saturated carbocycles. The number of hydrogen-bond donors (Lipinski definition) is 1. The third-order valence-corrected chi connectivity index (χ3v) is 3.48. The standard InChI is InChI=1S/C16H23NO2/c1-11(2)10-15(18)17-16(12-4-5-12)13-6-8-14(19-3)9-7-13/h6-9,11-12,16H,4-5,10H2,1-3H3,(H,17,18). The van der Waals surface area contributed by atoms with E-state index in [1.807, 2.05) is 12.1 Å². The van der Waals surface area contributed by atoms with Crippen LogP contribution in [0.25, 0.3) is 0 Å². The van der Waals surface area contributed by atoms with Crippen LogP contribution >= 0.6 is 0 Å². The second-order valence-corrected chi connectivity index (χ2v) is 5.75. The summed E-state index contributed by atoms with van der Waals surface area (Å²) in [6.07, 6.45) is 3.01. The summed E-state index contributed by atoms with van der Waals surface area (Å²) in [7, 11) is 1.66. The summed E-state index contributed by atoms with van der Waals surface area (Å²) in [5.74, 6) is 2.01. The summed E-state index contributed by atoms with van der Waals surface area (Å²) in [5.41, 5.74) is 1.18. The molecule has 1 aliphatic rings. The highest BCUT2D eigenvalue weighted by molar-refractivity contribution is 5.76. The monoisotopic (exact) mass is 261 g/mol. The molecule has 1 amide bonds. The molecule has 2 rings (SSSR count). The molecule has 1 aromatic rings. The van der Waals surface area contributed by atoms with E-state index in [1.54, 1.807) is 7.11 Å². The lowest BCUT2D eigenvalue weighted by Crippen LogP contribution is -2.30. The maximum Gasteiger partial charge on any atom is 0.220 e. The number of carbonyl (C=O) groups is 1. The van der Waals surface area contributed by atoms with E-state index in [0.717, 1.165) is 5.75 Å². The zero-order chi connectivity index (χ0) is 13.8. The summed E-state index contributed by atoms with van der Waals surface area (Å²) < 4.78 is 5.17.